The molecule has 0 aliphatic heterocycles. The molecule has 2 aromatic carbocycles. The molecule has 0 radical (unpaired) electrons. The van der Waals surface area contributed by atoms with Crippen molar-refractivity contribution in [2.75, 3.05) is 4.72 Å². The topological polar surface area (TPSA) is 66.4 Å². The van der Waals surface area contributed by atoms with Crippen molar-refractivity contribution < 1.29 is 22.3 Å². The quantitative estimate of drug-likeness (QED) is 0.804. The summed E-state index contributed by atoms with van der Waals surface area (Å²) in [5.41, 5.74) is 0.0525. The summed E-state index contributed by atoms with van der Waals surface area (Å²) in [6.45, 7) is -0.222. The van der Waals surface area contributed by atoms with Gasteiger partial charge in [0.25, 0.3) is 10.0 Å². The molecule has 4 nitrogen and oxygen atoms in total. The monoisotopic (exact) mass is 377 g/mol. The van der Waals surface area contributed by atoms with Crippen LogP contribution in [0.2, 0.25) is 0 Å². The van der Waals surface area contributed by atoms with Crippen LogP contribution < -0.4 is 4.72 Å². The maximum absolute atomic E-state index is 13.6. The highest BCUT2D eigenvalue weighted by Gasteiger charge is 2.17. The molecule has 0 aromatic heterocycles. The van der Waals surface area contributed by atoms with E-state index >= 15 is 0 Å². The molecule has 0 spiro atoms. The normalized spacial score (nSPS) is 11.4. The van der Waals surface area contributed by atoms with Gasteiger partial charge in [-0.25, -0.2) is 17.2 Å². The number of benzene rings is 2. The number of rotatable bonds is 4. The van der Waals surface area contributed by atoms with Crippen molar-refractivity contribution in [2.45, 2.75) is 11.5 Å². The van der Waals surface area contributed by atoms with Crippen molar-refractivity contribution in [2.24, 2.45) is 0 Å². The second-order valence-electron chi connectivity index (χ2n) is 4.15. The number of sulfonamides is 1. The van der Waals surface area contributed by atoms with Crippen LogP contribution in [0.15, 0.2) is 45.8 Å². The van der Waals surface area contributed by atoms with Crippen LogP contribution >= 0.6 is 15.9 Å². The van der Waals surface area contributed by atoms with Gasteiger partial charge in [-0.05, 0) is 39.7 Å². The predicted molar refractivity (Wildman–Crippen MR) is 77.2 cm³/mol. The Morgan fingerprint density at radius 3 is 2.29 bits per heavy atom. The zero-order chi connectivity index (χ0) is 15.6. The highest BCUT2D eigenvalue weighted by atomic mass is 79.9. The Bertz CT molecular complexity index is 764. The maximum atomic E-state index is 13.6. The smallest absolute Gasteiger partial charge is 0.261 e. The third-order valence-electron chi connectivity index (χ3n) is 2.67. The molecule has 0 atom stereocenters. The number of anilines is 1. The Morgan fingerprint density at radius 2 is 1.71 bits per heavy atom. The van der Waals surface area contributed by atoms with Crippen molar-refractivity contribution in [3.8, 4) is 0 Å². The van der Waals surface area contributed by atoms with E-state index in [0.717, 1.165) is 12.1 Å². The first-order chi connectivity index (χ1) is 9.83. The molecule has 0 aliphatic carbocycles. The summed E-state index contributed by atoms with van der Waals surface area (Å²) in [7, 11) is -4.04. The highest BCUT2D eigenvalue weighted by molar-refractivity contribution is 9.10. The molecule has 0 bridgehead atoms. The third-order valence-corrected chi connectivity index (χ3v) is 4.66. The van der Waals surface area contributed by atoms with Crippen LogP contribution in [0.5, 0.6) is 0 Å². The Labute approximate surface area is 128 Å². The van der Waals surface area contributed by atoms with Gasteiger partial charge in [-0.3, -0.25) is 4.72 Å². The van der Waals surface area contributed by atoms with E-state index in [-0.39, 0.29) is 16.0 Å². The third kappa shape index (κ3) is 3.58. The Balaban J connectivity index is 2.34. The molecule has 0 heterocycles. The van der Waals surface area contributed by atoms with Crippen molar-refractivity contribution >= 4 is 31.6 Å². The van der Waals surface area contributed by atoms with Gasteiger partial charge < -0.3 is 5.11 Å². The SMILES string of the molecule is O=S(=O)(Nc1cc(F)c(Br)cc1F)c1ccc(CO)cc1. The molecule has 0 aliphatic rings. The first-order valence-electron chi connectivity index (χ1n) is 5.70. The van der Waals surface area contributed by atoms with Crippen LogP contribution in [0.1, 0.15) is 5.56 Å². The van der Waals surface area contributed by atoms with Crippen molar-refractivity contribution in [1.29, 1.82) is 0 Å². The Kier molecular flexibility index (Phi) is 4.60. The summed E-state index contributed by atoms with van der Waals surface area (Å²) >= 11 is 2.80. The van der Waals surface area contributed by atoms with Crippen molar-refractivity contribution in [3.63, 3.8) is 0 Å². The molecule has 0 amide bonds. The average molecular weight is 378 g/mol. The van der Waals surface area contributed by atoms with Gasteiger partial charge in [0.2, 0.25) is 0 Å². The lowest BCUT2D eigenvalue weighted by molar-refractivity contribution is 0.282. The fourth-order valence-corrected chi connectivity index (χ4v) is 2.95. The molecule has 2 aromatic rings. The summed E-state index contributed by atoms with van der Waals surface area (Å²) in [5, 5.41) is 8.90. The second-order valence-corrected chi connectivity index (χ2v) is 6.69. The first-order valence-corrected chi connectivity index (χ1v) is 7.98. The number of halogens is 3. The lowest BCUT2D eigenvalue weighted by Crippen LogP contribution is -2.14. The van der Waals surface area contributed by atoms with Gasteiger partial charge in [0.15, 0.2) is 0 Å². The number of nitrogens with one attached hydrogen (secondary N) is 1. The summed E-state index contributed by atoms with van der Waals surface area (Å²) in [5.74, 6) is -1.69. The summed E-state index contributed by atoms with van der Waals surface area (Å²) in [4.78, 5) is -0.123. The molecule has 0 fully saturated rings. The first kappa shape index (κ1) is 15.9. The van der Waals surface area contributed by atoms with E-state index < -0.39 is 27.3 Å². The maximum Gasteiger partial charge on any atom is 0.261 e. The Morgan fingerprint density at radius 1 is 1.10 bits per heavy atom. The van der Waals surface area contributed by atoms with Gasteiger partial charge in [-0.15, -0.1) is 0 Å². The standard InChI is InChI=1S/C13H10BrF2NO3S/c14-10-5-12(16)13(6-11(10)15)17-21(19,20)9-3-1-8(7-18)2-4-9/h1-6,17-18H,7H2. The molecule has 8 heteroatoms. The minimum atomic E-state index is -4.04. The lowest BCUT2D eigenvalue weighted by atomic mass is 10.2. The van der Waals surface area contributed by atoms with E-state index in [1.165, 1.54) is 24.3 Å². The van der Waals surface area contributed by atoms with Gasteiger partial charge in [0.05, 0.1) is 21.7 Å². The van der Waals surface area contributed by atoms with Crippen molar-refractivity contribution in [3.05, 3.63) is 58.1 Å². The largest absolute Gasteiger partial charge is 0.392 e. The van der Waals surface area contributed by atoms with Crippen LogP contribution in [-0.4, -0.2) is 13.5 Å². The molecule has 21 heavy (non-hydrogen) atoms. The van der Waals surface area contributed by atoms with Crippen LogP contribution in [0, 0.1) is 11.6 Å². The second kappa shape index (κ2) is 6.08. The average Bonchev–Trinajstić information content (AvgIpc) is 2.44. The fraction of sp³-hybridized carbons (Fsp3) is 0.0769. The molecular formula is C13H10BrF2NO3S. The van der Waals surface area contributed by atoms with E-state index in [9.17, 15) is 17.2 Å². The van der Waals surface area contributed by atoms with Crippen LogP contribution in [0.4, 0.5) is 14.5 Å². The van der Waals surface area contributed by atoms with Gasteiger partial charge in [0, 0.05) is 6.07 Å². The molecule has 0 unspecified atom stereocenters. The number of hydrogen-bond donors (Lipinski definition) is 2. The van der Waals surface area contributed by atoms with E-state index in [1.807, 2.05) is 4.72 Å². The summed E-state index contributed by atoms with van der Waals surface area (Å²) < 4.78 is 53.0. The minimum absolute atomic E-state index is 0.102. The van der Waals surface area contributed by atoms with Gasteiger partial charge in [-0.1, -0.05) is 12.1 Å². The number of aliphatic hydroxyl groups is 1. The molecule has 112 valence electrons. The van der Waals surface area contributed by atoms with E-state index in [0.29, 0.717) is 5.56 Å². The van der Waals surface area contributed by atoms with Gasteiger partial charge >= 0.3 is 0 Å². The van der Waals surface area contributed by atoms with Crippen molar-refractivity contribution in [1.82, 2.24) is 0 Å². The lowest BCUT2D eigenvalue weighted by Gasteiger charge is -2.10. The predicted octanol–water partition coefficient (Wildman–Crippen LogP) is 3.02. The molecule has 2 N–H and O–H groups in total. The van der Waals surface area contributed by atoms with Crippen LogP contribution in [0.25, 0.3) is 0 Å². The highest BCUT2D eigenvalue weighted by Crippen LogP contribution is 2.25. The van der Waals surface area contributed by atoms with E-state index in [1.54, 1.807) is 0 Å². The Hall–Kier alpha value is -1.51. The summed E-state index contributed by atoms with van der Waals surface area (Å²) in [6.07, 6.45) is 0. The molecule has 0 saturated heterocycles. The van der Waals surface area contributed by atoms with E-state index in [4.69, 9.17) is 5.11 Å². The molecule has 0 saturated carbocycles. The van der Waals surface area contributed by atoms with Gasteiger partial charge in [0.1, 0.15) is 11.6 Å². The fourth-order valence-electron chi connectivity index (χ4n) is 1.58. The number of hydrogen-bond acceptors (Lipinski definition) is 3. The minimum Gasteiger partial charge on any atom is -0.392 e. The number of aliphatic hydroxyl groups excluding tert-OH is 1. The summed E-state index contributed by atoms with van der Waals surface area (Å²) in [6, 6.07) is 6.96. The van der Waals surface area contributed by atoms with Gasteiger partial charge in [-0.2, -0.15) is 0 Å². The van der Waals surface area contributed by atoms with E-state index in [2.05, 4.69) is 15.9 Å². The molecular weight excluding hydrogens is 368 g/mol. The zero-order valence-electron chi connectivity index (χ0n) is 10.5. The molecule has 2 rings (SSSR count). The van der Waals surface area contributed by atoms with Crippen LogP contribution in [0.3, 0.4) is 0 Å². The zero-order valence-corrected chi connectivity index (χ0v) is 12.9. The van der Waals surface area contributed by atoms with Crippen LogP contribution in [-0.2, 0) is 16.6 Å².